The largest absolute Gasteiger partial charge is 0.478 e. The van der Waals surface area contributed by atoms with E-state index in [0.717, 1.165) is 16.7 Å². The van der Waals surface area contributed by atoms with Crippen molar-refractivity contribution in [1.82, 2.24) is 0 Å². The van der Waals surface area contributed by atoms with E-state index >= 15 is 0 Å². The van der Waals surface area contributed by atoms with Crippen molar-refractivity contribution in [3.63, 3.8) is 0 Å². The molecule has 0 aliphatic rings. The van der Waals surface area contributed by atoms with Crippen LogP contribution in [-0.4, -0.2) is 17.2 Å². The molecule has 0 bridgehead atoms. The van der Waals surface area contributed by atoms with Crippen LogP contribution in [0.5, 0.6) is 5.75 Å². The van der Waals surface area contributed by atoms with Crippen LogP contribution >= 0.6 is 11.6 Å². The van der Waals surface area contributed by atoms with E-state index in [0.29, 0.717) is 17.2 Å². The quantitative estimate of drug-likeness (QED) is 0.907. The number of hydrogen-bond acceptors (Lipinski definition) is 2. The molecule has 1 N–H and O–H groups in total. The second kappa shape index (κ2) is 6.64. The molecule has 1 atom stereocenters. The molecule has 0 heterocycles. The highest BCUT2D eigenvalue weighted by atomic mass is 35.5. The van der Waals surface area contributed by atoms with Gasteiger partial charge in [0.1, 0.15) is 5.75 Å². The van der Waals surface area contributed by atoms with E-state index in [-0.39, 0.29) is 0 Å². The van der Waals surface area contributed by atoms with Crippen molar-refractivity contribution >= 4 is 17.6 Å². The average Bonchev–Trinajstić information content (AvgIpc) is 2.39. The number of aliphatic carboxylic acids is 1. The Morgan fingerprint density at radius 1 is 1.14 bits per heavy atom. The van der Waals surface area contributed by atoms with Gasteiger partial charge in [0.25, 0.3) is 0 Å². The molecule has 0 aliphatic heterocycles. The fraction of sp³-hybridized carbons (Fsp3) is 0.235. The highest BCUT2D eigenvalue weighted by Gasteiger charge is 2.20. The minimum atomic E-state index is -0.982. The van der Waals surface area contributed by atoms with Gasteiger partial charge in [0.15, 0.2) is 6.10 Å². The maximum absolute atomic E-state index is 11.4. The Balaban J connectivity index is 2.15. The second-order valence-corrected chi connectivity index (χ2v) is 5.54. The molecule has 0 aliphatic carbocycles. The molecular weight excluding hydrogens is 288 g/mol. The summed E-state index contributed by atoms with van der Waals surface area (Å²) in [7, 11) is 0. The van der Waals surface area contributed by atoms with Gasteiger partial charge in [-0.25, -0.2) is 4.79 Å². The molecule has 1 unspecified atom stereocenters. The van der Waals surface area contributed by atoms with Gasteiger partial charge in [-0.1, -0.05) is 40.9 Å². The molecule has 2 rings (SSSR count). The summed E-state index contributed by atoms with van der Waals surface area (Å²) < 4.78 is 5.56. The van der Waals surface area contributed by atoms with E-state index in [9.17, 15) is 9.90 Å². The Morgan fingerprint density at radius 2 is 1.71 bits per heavy atom. The molecule has 0 saturated heterocycles. The van der Waals surface area contributed by atoms with Crippen LogP contribution < -0.4 is 4.74 Å². The number of carboxylic acids is 1. The first kappa shape index (κ1) is 15.4. The number of hydrogen-bond donors (Lipinski definition) is 1. The van der Waals surface area contributed by atoms with E-state index in [4.69, 9.17) is 16.3 Å². The Bertz CT molecular complexity index is 615. The first-order chi connectivity index (χ1) is 9.94. The number of rotatable bonds is 5. The van der Waals surface area contributed by atoms with Crippen LogP contribution in [0.3, 0.4) is 0 Å². The Hall–Kier alpha value is -2.00. The minimum absolute atomic E-state index is 0.320. The topological polar surface area (TPSA) is 46.5 Å². The molecule has 0 fully saturated rings. The van der Waals surface area contributed by atoms with E-state index in [1.807, 2.05) is 26.0 Å². The molecule has 0 saturated carbocycles. The maximum atomic E-state index is 11.4. The van der Waals surface area contributed by atoms with E-state index < -0.39 is 12.1 Å². The molecule has 4 heteroatoms. The summed E-state index contributed by atoms with van der Waals surface area (Å²) in [5, 5.41) is 9.92. The zero-order valence-electron chi connectivity index (χ0n) is 12.0. The SMILES string of the molecule is Cc1cc(C)cc(CC(Oc2ccc(Cl)cc2)C(=O)O)c1. The summed E-state index contributed by atoms with van der Waals surface area (Å²) in [6, 6.07) is 12.7. The van der Waals surface area contributed by atoms with E-state index in [1.165, 1.54) is 0 Å². The number of ether oxygens (including phenoxy) is 1. The molecule has 2 aromatic rings. The Kier molecular flexibility index (Phi) is 4.86. The zero-order chi connectivity index (χ0) is 15.4. The summed E-state index contributed by atoms with van der Waals surface area (Å²) in [6.45, 7) is 3.98. The highest BCUT2D eigenvalue weighted by molar-refractivity contribution is 6.30. The van der Waals surface area contributed by atoms with Crippen LogP contribution in [0.1, 0.15) is 16.7 Å². The molecule has 0 amide bonds. The van der Waals surface area contributed by atoms with Gasteiger partial charge in [0, 0.05) is 11.4 Å². The summed E-state index contributed by atoms with van der Waals surface area (Å²) in [5.74, 6) is -0.486. The van der Waals surface area contributed by atoms with Crippen LogP contribution in [0, 0.1) is 13.8 Å². The van der Waals surface area contributed by atoms with Crippen LogP contribution in [0.4, 0.5) is 0 Å². The predicted octanol–water partition coefficient (Wildman–Crippen LogP) is 4.03. The van der Waals surface area contributed by atoms with Crippen molar-refractivity contribution in [2.45, 2.75) is 26.4 Å². The maximum Gasteiger partial charge on any atom is 0.345 e. The third-order valence-electron chi connectivity index (χ3n) is 3.07. The second-order valence-electron chi connectivity index (χ2n) is 5.10. The van der Waals surface area contributed by atoms with Crippen molar-refractivity contribution in [3.05, 3.63) is 64.2 Å². The van der Waals surface area contributed by atoms with Gasteiger partial charge in [0.05, 0.1) is 0 Å². The van der Waals surface area contributed by atoms with Gasteiger partial charge >= 0.3 is 5.97 Å². The number of carbonyl (C=O) groups is 1. The summed E-state index contributed by atoms with van der Waals surface area (Å²) >= 11 is 5.80. The first-order valence-electron chi connectivity index (χ1n) is 6.66. The lowest BCUT2D eigenvalue weighted by Crippen LogP contribution is -2.29. The van der Waals surface area contributed by atoms with Crippen molar-refractivity contribution in [2.24, 2.45) is 0 Å². The Morgan fingerprint density at radius 3 is 2.24 bits per heavy atom. The van der Waals surface area contributed by atoms with Crippen LogP contribution in [0.25, 0.3) is 0 Å². The average molecular weight is 305 g/mol. The van der Waals surface area contributed by atoms with Crippen molar-refractivity contribution < 1.29 is 14.6 Å². The lowest BCUT2D eigenvalue weighted by atomic mass is 10.0. The van der Waals surface area contributed by atoms with Gasteiger partial charge in [-0.15, -0.1) is 0 Å². The zero-order valence-corrected chi connectivity index (χ0v) is 12.7. The molecule has 0 spiro atoms. The fourth-order valence-corrected chi connectivity index (χ4v) is 2.38. The molecule has 2 aromatic carbocycles. The monoisotopic (exact) mass is 304 g/mol. The number of halogens is 1. The predicted molar refractivity (Wildman–Crippen MR) is 83.1 cm³/mol. The number of benzene rings is 2. The Labute approximate surface area is 129 Å². The third kappa shape index (κ3) is 4.50. The minimum Gasteiger partial charge on any atom is -0.478 e. The lowest BCUT2D eigenvalue weighted by Gasteiger charge is -2.16. The van der Waals surface area contributed by atoms with Gasteiger partial charge in [-0.05, 0) is 43.7 Å². The van der Waals surface area contributed by atoms with Crippen molar-refractivity contribution in [3.8, 4) is 5.75 Å². The molecule has 110 valence electrons. The lowest BCUT2D eigenvalue weighted by molar-refractivity contribution is -0.145. The molecule has 0 aromatic heterocycles. The van der Waals surface area contributed by atoms with E-state index in [2.05, 4.69) is 6.07 Å². The van der Waals surface area contributed by atoms with Gasteiger partial charge in [-0.3, -0.25) is 0 Å². The highest BCUT2D eigenvalue weighted by Crippen LogP contribution is 2.19. The molecular formula is C17H17ClO3. The standard InChI is InChI=1S/C17H17ClO3/c1-11-7-12(2)9-13(8-11)10-16(17(19)20)21-15-5-3-14(18)4-6-15/h3-9,16H,10H2,1-2H3,(H,19,20). The van der Waals surface area contributed by atoms with Gasteiger partial charge in [-0.2, -0.15) is 0 Å². The number of aryl methyl sites for hydroxylation is 2. The van der Waals surface area contributed by atoms with Crippen LogP contribution in [0.15, 0.2) is 42.5 Å². The molecule has 21 heavy (non-hydrogen) atoms. The fourth-order valence-electron chi connectivity index (χ4n) is 2.26. The summed E-state index contributed by atoms with van der Waals surface area (Å²) in [5.41, 5.74) is 3.18. The van der Waals surface area contributed by atoms with Crippen LogP contribution in [-0.2, 0) is 11.2 Å². The first-order valence-corrected chi connectivity index (χ1v) is 7.04. The van der Waals surface area contributed by atoms with Crippen molar-refractivity contribution in [1.29, 1.82) is 0 Å². The van der Waals surface area contributed by atoms with Crippen molar-refractivity contribution in [2.75, 3.05) is 0 Å². The number of carboxylic acid groups (broad SMARTS) is 1. The van der Waals surface area contributed by atoms with E-state index in [1.54, 1.807) is 24.3 Å². The van der Waals surface area contributed by atoms with Gasteiger partial charge in [0.2, 0.25) is 0 Å². The smallest absolute Gasteiger partial charge is 0.345 e. The van der Waals surface area contributed by atoms with Crippen LogP contribution in [0.2, 0.25) is 5.02 Å². The third-order valence-corrected chi connectivity index (χ3v) is 3.32. The normalized spacial score (nSPS) is 12.0. The summed E-state index contributed by atoms with van der Waals surface area (Å²) in [4.78, 5) is 11.4. The molecule has 3 nitrogen and oxygen atoms in total. The van der Waals surface area contributed by atoms with Gasteiger partial charge < -0.3 is 9.84 Å². The summed E-state index contributed by atoms with van der Waals surface area (Å²) in [6.07, 6.45) is -0.604. The molecule has 0 radical (unpaired) electrons.